The highest BCUT2D eigenvalue weighted by Gasteiger charge is 2.31. The molecule has 180 valence electrons. The third-order valence-corrected chi connectivity index (χ3v) is 5.32. The molecule has 0 aliphatic heterocycles. The first-order valence-electron chi connectivity index (χ1n) is 10.6. The predicted octanol–water partition coefficient (Wildman–Crippen LogP) is 6.95. The number of nitrogens with zero attached hydrogens (tertiary/aromatic N) is 2. The Morgan fingerprint density at radius 3 is 2.35 bits per heavy atom. The predicted molar refractivity (Wildman–Crippen MR) is 114 cm³/mol. The highest BCUT2D eigenvalue weighted by atomic mass is 19.4. The van der Waals surface area contributed by atoms with Gasteiger partial charge in [-0.05, 0) is 37.1 Å². The van der Waals surface area contributed by atoms with E-state index in [2.05, 4.69) is 25.3 Å². The van der Waals surface area contributed by atoms with Crippen LogP contribution in [-0.4, -0.2) is 22.4 Å². The minimum Gasteiger partial charge on any atom is -0.406 e. The Kier molecular flexibility index (Phi) is 6.80. The Hall–Kier alpha value is -3.50. The number of rotatable bonds is 6. The van der Waals surface area contributed by atoms with Crippen LogP contribution in [0.15, 0.2) is 42.5 Å². The summed E-state index contributed by atoms with van der Waals surface area (Å²) in [5.41, 5.74) is -0.331. The van der Waals surface area contributed by atoms with E-state index in [-0.39, 0.29) is 29.1 Å². The summed E-state index contributed by atoms with van der Waals surface area (Å²) in [4.78, 5) is 8.62. The minimum atomic E-state index is -4.88. The first kappa shape index (κ1) is 23.7. The highest BCUT2D eigenvalue weighted by Crippen LogP contribution is 2.31. The average Bonchev–Trinajstić information content (AvgIpc) is 2.79. The summed E-state index contributed by atoms with van der Waals surface area (Å²) in [6.45, 7) is 0. The Labute approximate surface area is 191 Å². The molecule has 1 heterocycles. The van der Waals surface area contributed by atoms with Crippen LogP contribution in [0.2, 0.25) is 0 Å². The van der Waals surface area contributed by atoms with E-state index < -0.39 is 35.3 Å². The van der Waals surface area contributed by atoms with Gasteiger partial charge in [-0.2, -0.15) is 4.98 Å². The van der Waals surface area contributed by atoms with Crippen LogP contribution in [0.3, 0.4) is 0 Å². The van der Waals surface area contributed by atoms with Crippen molar-refractivity contribution < 1.29 is 31.1 Å². The van der Waals surface area contributed by atoms with E-state index in [1.807, 2.05) is 0 Å². The van der Waals surface area contributed by atoms with Crippen molar-refractivity contribution in [3.63, 3.8) is 0 Å². The monoisotopic (exact) mass is 482 g/mol. The summed E-state index contributed by atoms with van der Waals surface area (Å²) in [7, 11) is 0. The van der Waals surface area contributed by atoms with Gasteiger partial charge in [-0.1, -0.05) is 31.4 Å². The molecule has 1 aliphatic rings. The summed E-state index contributed by atoms with van der Waals surface area (Å²) in [6, 6.07) is 7.91. The van der Waals surface area contributed by atoms with E-state index >= 15 is 0 Å². The zero-order valence-electron chi connectivity index (χ0n) is 17.7. The zero-order chi connectivity index (χ0) is 24.3. The lowest BCUT2D eigenvalue weighted by Crippen LogP contribution is -2.23. The molecule has 11 heteroatoms. The molecule has 0 radical (unpaired) electrons. The molecule has 0 spiro atoms. The van der Waals surface area contributed by atoms with Crippen LogP contribution in [0.25, 0.3) is 11.3 Å². The summed E-state index contributed by atoms with van der Waals surface area (Å²) >= 11 is 0. The standard InChI is InChI=1S/C23H20F6N4O/c24-16-9-10-17(25)21(20(16)26)32-19-12-18(13-5-4-8-15(11-13)34-23(27,28)29)31-22(33-19)30-14-6-2-1-3-7-14/h4-5,8-12,14H,1-3,6-7H2,(H2,30,31,32,33). The first-order valence-corrected chi connectivity index (χ1v) is 10.6. The molecule has 5 nitrogen and oxygen atoms in total. The average molecular weight is 482 g/mol. The van der Waals surface area contributed by atoms with Gasteiger partial charge in [-0.25, -0.2) is 18.2 Å². The lowest BCUT2D eigenvalue weighted by atomic mass is 9.96. The van der Waals surface area contributed by atoms with Gasteiger partial charge < -0.3 is 15.4 Å². The molecular weight excluding hydrogens is 462 g/mol. The number of alkyl halides is 3. The van der Waals surface area contributed by atoms with E-state index in [1.165, 1.54) is 18.2 Å². The molecule has 1 fully saturated rings. The van der Waals surface area contributed by atoms with Crippen LogP contribution < -0.4 is 15.4 Å². The smallest absolute Gasteiger partial charge is 0.406 e. The second-order valence-electron chi connectivity index (χ2n) is 7.86. The van der Waals surface area contributed by atoms with Gasteiger partial charge in [0, 0.05) is 17.7 Å². The molecule has 1 saturated carbocycles. The quantitative estimate of drug-likeness (QED) is 0.294. The maximum absolute atomic E-state index is 14.2. The van der Waals surface area contributed by atoms with Gasteiger partial charge in [0.15, 0.2) is 11.6 Å². The Morgan fingerprint density at radius 2 is 1.62 bits per heavy atom. The molecule has 34 heavy (non-hydrogen) atoms. The Bertz CT molecular complexity index is 1160. The van der Waals surface area contributed by atoms with Crippen molar-refractivity contribution in [1.82, 2.24) is 9.97 Å². The van der Waals surface area contributed by atoms with Gasteiger partial charge in [0.1, 0.15) is 23.1 Å². The van der Waals surface area contributed by atoms with Crippen LogP contribution in [0, 0.1) is 17.5 Å². The van der Waals surface area contributed by atoms with Crippen LogP contribution in [0.1, 0.15) is 32.1 Å². The third-order valence-electron chi connectivity index (χ3n) is 5.32. The summed E-state index contributed by atoms with van der Waals surface area (Å²) in [6.07, 6.45) is 0.00197. The molecule has 0 atom stereocenters. The van der Waals surface area contributed by atoms with Crippen molar-refractivity contribution in [2.45, 2.75) is 44.5 Å². The molecule has 2 N–H and O–H groups in total. The van der Waals surface area contributed by atoms with Crippen molar-refractivity contribution in [3.05, 3.63) is 59.9 Å². The minimum absolute atomic E-state index is 0.0689. The second kappa shape index (κ2) is 9.78. The van der Waals surface area contributed by atoms with Gasteiger partial charge >= 0.3 is 6.36 Å². The Morgan fingerprint density at radius 1 is 0.882 bits per heavy atom. The number of hydrogen-bond acceptors (Lipinski definition) is 5. The molecule has 0 unspecified atom stereocenters. The van der Waals surface area contributed by atoms with Gasteiger partial charge in [0.2, 0.25) is 5.95 Å². The fourth-order valence-corrected chi connectivity index (χ4v) is 3.78. The second-order valence-corrected chi connectivity index (χ2v) is 7.86. The van der Waals surface area contributed by atoms with Crippen LogP contribution in [-0.2, 0) is 0 Å². The number of ether oxygens (including phenoxy) is 1. The number of anilines is 3. The van der Waals surface area contributed by atoms with E-state index in [0.29, 0.717) is 6.07 Å². The van der Waals surface area contributed by atoms with E-state index in [4.69, 9.17) is 0 Å². The molecule has 0 amide bonds. The number of benzene rings is 2. The largest absolute Gasteiger partial charge is 0.573 e. The fourth-order valence-electron chi connectivity index (χ4n) is 3.78. The number of halogens is 6. The maximum Gasteiger partial charge on any atom is 0.573 e. The molecule has 3 aromatic rings. The van der Waals surface area contributed by atoms with Crippen molar-refractivity contribution in [3.8, 4) is 17.0 Å². The normalized spacial score (nSPS) is 14.6. The lowest BCUT2D eigenvalue weighted by molar-refractivity contribution is -0.274. The van der Waals surface area contributed by atoms with Crippen LogP contribution in [0.4, 0.5) is 43.8 Å². The molecule has 2 aromatic carbocycles. The molecule has 0 saturated heterocycles. The number of aromatic nitrogens is 2. The molecular formula is C23H20F6N4O. The maximum atomic E-state index is 14.2. The van der Waals surface area contributed by atoms with Crippen LogP contribution >= 0.6 is 0 Å². The summed E-state index contributed by atoms with van der Waals surface area (Å²) < 4.78 is 83.9. The van der Waals surface area contributed by atoms with Gasteiger partial charge in [0.25, 0.3) is 0 Å². The molecule has 4 rings (SSSR count). The van der Waals surface area contributed by atoms with E-state index in [1.54, 1.807) is 0 Å². The molecule has 1 aromatic heterocycles. The summed E-state index contributed by atoms with van der Waals surface area (Å²) in [5, 5.41) is 5.61. The van der Waals surface area contributed by atoms with Crippen molar-refractivity contribution in [2.24, 2.45) is 0 Å². The van der Waals surface area contributed by atoms with E-state index in [9.17, 15) is 26.3 Å². The van der Waals surface area contributed by atoms with Crippen molar-refractivity contribution in [2.75, 3.05) is 10.6 Å². The van der Waals surface area contributed by atoms with Gasteiger partial charge in [0.05, 0.1) is 5.69 Å². The molecule has 1 aliphatic carbocycles. The van der Waals surface area contributed by atoms with Gasteiger partial charge in [-0.3, -0.25) is 0 Å². The van der Waals surface area contributed by atoms with Crippen molar-refractivity contribution >= 4 is 17.5 Å². The zero-order valence-corrected chi connectivity index (χ0v) is 17.7. The number of nitrogens with one attached hydrogen (secondary N) is 2. The summed E-state index contributed by atoms with van der Waals surface area (Å²) in [5.74, 6) is -4.14. The SMILES string of the molecule is Fc1ccc(F)c(Nc2cc(-c3cccc(OC(F)(F)F)c3)nc(NC3CCCCC3)n2)c1F. The fraction of sp³-hybridized carbons (Fsp3) is 0.304. The number of hydrogen-bond donors (Lipinski definition) is 2. The van der Waals surface area contributed by atoms with Crippen LogP contribution in [0.5, 0.6) is 5.75 Å². The Balaban J connectivity index is 1.72. The van der Waals surface area contributed by atoms with Gasteiger partial charge in [-0.15, -0.1) is 13.2 Å². The third kappa shape index (κ3) is 5.89. The topological polar surface area (TPSA) is 59.1 Å². The first-order chi connectivity index (χ1) is 16.2. The lowest BCUT2D eigenvalue weighted by Gasteiger charge is -2.23. The van der Waals surface area contributed by atoms with Crippen molar-refractivity contribution in [1.29, 1.82) is 0 Å². The highest BCUT2D eigenvalue weighted by molar-refractivity contribution is 5.69. The molecule has 0 bridgehead atoms. The van der Waals surface area contributed by atoms with E-state index in [0.717, 1.165) is 50.3 Å².